The Hall–Kier alpha value is -4.85. The quantitative estimate of drug-likeness (QED) is 0.370. The second-order valence-electron chi connectivity index (χ2n) is 7.66. The minimum atomic E-state index is 0.335. The number of nitrogens with zero attached hydrogens (tertiary/aromatic N) is 5. The summed E-state index contributed by atoms with van der Waals surface area (Å²) in [7, 11) is 0. The number of benzene rings is 3. The Labute approximate surface area is 193 Å². The van der Waals surface area contributed by atoms with Gasteiger partial charge in [0.2, 0.25) is 5.82 Å². The van der Waals surface area contributed by atoms with Crippen LogP contribution in [0, 0.1) is 0 Å². The van der Waals surface area contributed by atoms with Gasteiger partial charge in [-0.15, -0.1) is 5.10 Å². The number of hydrogen-bond donors (Lipinski definition) is 1. The SMILES string of the molecule is C(=Cc1ccc2ccccc2n1)c1cccc(OCc2cccc3oc(-c4nnn[nH]4)nc23)c1. The predicted molar refractivity (Wildman–Crippen MR) is 129 cm³/mol. The van der Waals surface area contributed by atoms with Gasteiger partial charge in [0.25, 0.3) is 5.89 Å². The predicted octanol–water partition coefficient (Wildman–Crippen LogP) is 5.31. The number of aromatic nitrogens is 6. The van der Waals surface area contributed by atoms with Gasteiger partial charge in [-0.05, 0) is 52.4 Å². The molecule has 0 amide bonds. The molecule has 6 rings (SSSR count). The third-order valence-corrected chi connectivity index (χ3v) is 5.37. The smallest absolute Gasteiger partial charge is 0.267 e. The normalized spacial score (nSPS) is 11.5. The fourth-order valence-corrected chi connectivity index (χ4v) is 3.70. The van der Waals surface area contributed by atoms with E-state index in [2.05, 4.69) is 42.7 Å². The fraction of sp³-hybridized carbons (Fsp3) is 0.0385. The van der Waals surface area contributed by atoms with Crippen LogP contribution in [0.2, 0.25) is 0 Å². The van der Waals surface area contributed by atoms with Crippen LogP contribution in [0.3, 0.4) is 0 Å². The molecule has 6 aromatic rings. The van der Waals surface area contributed by atoms with Gasteiger partial charge in [0.1, 0.15) is 17.9 Å². The minimum Gasteiger partial charge on any atom is -0.489 e. The molecule has 0 saturated carbocycles. The van der Waals surface area contributed by atoms with Crippen LogP contribution in [0.5, 0.6) is 5.75 Å². The van der Waals surface area contributed by atoms with E-state index in [1.807, 2.05) is 78.9 Å². The van der Waals surface area contributed by atoms with Gasteiger partial charge < -0.3 is 9.15 Å². The minimum absolute atomic E-state index is 0.335. The Morgan fingerprint density at radius 3 is 2.76 bits per heavy atom. The number of hydrogen-bond acceptors (Lipinski definition) is 7. The number of H-pyrrole nitrogens is 1. The monoisotopic (exact) mass is 446 g/mol. The van der Waals surface area contributed by atoms with E-state index in [1.165, 1.54) is 0 Å². The molecule has 8 nitrogen and oxygen atoms in total. The van der Waals surface area contributed by atoms with Crippen molar-refractivity contribution in [1.82, 2.24) is 30.6 Å². The van der Waals surface area contributed by atoms with E-state index in [9.17, 15) is 0 Å². The van der Waals surface area contributed by atoms with Crippen LogP contribution < -0.4 is 4.74 Å². The molecular formula is C26H18N6O2. The molecule has 3 aromatic carbocycles. The molecule has 34 heavy (non-hydrogen) atoms. The summed E-state index contributed by atoms with van der Waals surface area (Å²) in [5, 5.41) is 14.8. The summed E-state index contributed by atoms with van der Waals surface area (Å²) in [6.45, 7) is 0.345. The van der Waals surface area contributed by atoms with Crippen LogP contribution in [0.4, 0.5) is 0 Å². The third-order valence-electron chi connectivity index (χ3n) is 5.37. The average molecular weight is 446 g/mol. The van der Waals surface area contributed by atoms with E-state index in [0.29, 0.717) is 29.4 Å². The van der Waals surface area contributed by atoms with E-state index in [0.717, 1.165) is 33.5 Å². The van der Waals surface area contributed by atoms with E-state index in [1.54, 1.807) is 0 Å². The zero-order valence-electron chi connectivity index (χ0n) is 17.9. The molecule has 0 aliphatic rings. The Morgan fingerprint density at radius 2 is 1.82 bits per heavy atom. The number of tetrazole rings is 1. The summed E-state index contributed by atoms with van der Waals surface area (Å²) in [6.07, 6.45) is 4.03. The molecule has 0 fully saturated rings. The molecule has 0 unspecified atom stereocenters. The number of rotatable bonds is 6. The molecule has 0 aliphatic heterocycles. The molecular weight excluding hydrogens is 428 g/mol. The number of aromatic amines is 1. The topological polar surface area (TPSA) is 103 Å². The standard InChI is InChI=1S/C26H18N6O2/c1-2-9-22-18(6-1)12-14-20(27-22)13-11-17-5-3-8-21(15-17)33-16-19-7-4-10-23-24(19)28-26(34-23)25-29-31-32-30-25/h1-15H,16H2,(H,29,30,31,32). The first-order chi connectivity index (χ1) is 16.8. The van der Waals surface area contributed by atoms with Crippen LogP contribution in [-0.4, -0.2) is 30.6 Å². The molecule has 0 bridgehead atoms. The maximum atomic E-state index is 6.07. The van der Waals surface area contributed by atoms with E-state index >= 15 is 0 Å². The highest BCUT2D eigenvalue weighted by atomic mass is 16.5. The molecule has 0 radical (unpaired) electrons. The first-order valence-electron chi connectivity index (χ1n) is 10.7. The van der Waals surface area contributed by atoms with E-state index in [-0.39, 0.29) is 0 Å². The van der Waals surface area contributed by atoms with Gasteiger partial charge in [0.15, 0.2) is 5.58 Å². The van der Waals surface area contributed by atoms with Crippen molar-refractivity contribution in [2.75, 3.05) is 0 Å². The van der Waals surface area contributed by atoms with Crippen molar-refractivity contribution in [3.05, 3.63) is 95.7 Å². The fourth-order valence-electron chi connectivity index (χ4n) is 3.70. The second kappa shape index (κ2) is 8.59. The van der Waals surface area contributed by atoms with E-state index in [4.69, 9.17) is 9.15 Å². The van der Waals surface area contributed by atoms with Gasteiger partial charge in [0.05, 0.1) is 11.2 Å². The Morgan fingerprint density at radius 1 is 0.882 bits per heavy atom. The van der Waals surface area contributed by atoms with Gasteiger partial charge in [-0.3, -0.25) is 0 Å². The Bertz CT molecular complexity index is 1620. The Balaban J connectivity index is 1.19. The third kappa shape index (κ3) is 4.00. The lowest BCUT2D eigenvalue weighted by atomic mass is 10.1. The molecule has 3 aromatic heterocycles. The van der Waals surface area contributed by atoms with Crippen LogP contribution in [-0.2, 0) is 6.61 Å². The first kappa shape index (κ1) is 19.8. The van der Waals surface area contributed by atoms with Gasteiger partial charge in [-0.1, -0.05) is 54.6 Å². The molecule has 0 spiro atoms. The molecule has 0 atom stereocenters. The molecule has 3 heterocycles. The van der Waals surface area contributed by atoms with Crippen molar-refractivity contribution in [3.8, 4) is 17.5 Å². The van der Waals surface area contributed by atoms with Crippen LogP contribution in [0.15, 0.2) is 83.3 Å². The zero-order chi connectivity index (χ0) is 22.7. The number of ether oxygens (including phenoxy) is 1. The number of para-hydroxylation sites is 2. The zero-order valence-corrected chi connectivity index (χ0v) is 17.9. The number of nitrogens with one attached hydrogen (secondary N) is 1. The number of oxazole rings is 1. The summed E-state index contributed by atoms with van der Waals surface area (Å²) >= 11 is 0. The van der Waals surface area contributed by atoms with Crippen molar-refractivity contribution in [2.45, 2.75) is 6.61 Å². The van der Waals surface area contributed by atoms with Crippen molar-refractivity contribution in [3.63, 3.8) is 0 Å². The molecule has 0 aliphatic carbocycles. The summed E-state index contributed by atoms with van der Waals surface area (Å²) in [4.78, 5) is 9.22. The maximum Gasteiger partial charge on any atom is 0.267 e. The first-order valence-corrected chi connectivity index (χ1v) is 10.7. The maximum absolute atomic E-state index is 6.07. The van der Waals surface area contributed by atoms with Crippen molar-refractivity contribution >= 4 is 34.2 Å². The summed E-state index contributed by atoms with van der Waals surface area (Å²) in [6, 6.07) is 25.8. The summed E-state index contributed by atoms with van der Waals surface area (Å²) in [5.74, 6) is 1.47. The van der Waals surface area contributed by atoms with Gasteiger partial charge in [-0.2, -0.15) is 0 Å². The highest BCUT2D eigenvalue weighted by molar-refractivity contribution is 5.81. The van der Waals surface area contributed by atoms with Crippen LogP contribution in [0.25, 0.3) is 45.9 Å². The highest BCUT2D eigenvalue weighted by Crippen LogP contribution is 2.25. The lowest BCUT2D eigenvalue weighted by molar-refractivity contribution is 0.307. The Kier molecular flexibility index (Phi) is 5.00. The number of fused-ring (bicyclic) bond motifs is 2. The average Bonchev–Trinajstić information content (AvgIpc) is 3.57. The van der Waals surface area contributed by atoms with Gasteiger partial charge in [-0.25, -0.2) is 15.1 Å². The summed E-state index contributed by atoms with van der Waals surface area (Å²) in [5.41, 5.74) is 5.17. The lowest BCUT2D eigenvalue weighted by Crippen LogP contribution is -1.96. The van der Waals surface area contributed by atoms with E-state index < -0.39 is 0 Å². The van der Waals surface area contributed by atoms with Crippen LogP contribution >= 0.6 is 0 Å². The largest absolute Gasteiger partial charge is 0.489 e. The van der Waals surface area contributed by atoms with Crippen molar-refractivity contribution in [2.24, 2.45) is 0 Å². The number of pyridine rings is 1. The molecule has 8 heteroatoms. The van der Waals surface area contributed by atoms with Crippen molar-refractivity contribution in [1.29, 1.82) is 0 Å². The molecule has 1 N–H and O–H groups in total. The van der Waals surface area contributed by atoms with Gasteiger partial charge >= 0.3 is 0 Å². The van der Waals surface area contributed by atoms with Gasteiger partial charge in [0, 0.05) is 10.9 Å². The summed E-state index contributed by atoms with van der Waals surface area (Å²) < 4.78 is 11.8. The molecule has 164 valence electrons. The van der Waals surface area contributed by atoms with Crippen LogP contribution in [0.1, 0.15) is 16.8 Å². The van der Waals surface area contributed by atoms with Crippen molar-refractivity contribution < 1.29 is 9.15 Å². The lowest BCUT2D eigenvalue weighted by Gasteiger charge is -2.07. The second-order valence-corrected chi connectivity index (χ2v) is 7.66. The molecule has 0 saturated heterocycles. The highest BCUT2D eigenvalue weighted by Gasteiger charge is 2.14.